The summed E-state index contributed by atoms with van der Waals surface area (Å²) >= 11 is 1.61. The number of rotatable bonds is 6. The number of hydrogen-bond donors (Lipinski definition) is 3. The van der Waals surface area contributed by atoms with Gasteiger partial charge in [0.2, 0.25) is 5.91 Å². The number of nitrogens with one attached hydrogen (secondary N) is 2. The van der Waals surface area contributed by atoms with E-state index in [1.807, 2.05) is 41.3 Å². The Bertz CT molecular complexity index is 1380. The van der Waals surface area contributed by atoms with Gasteiger partial charge in [0.25, 0.3) is 0 Å². The first-order chi connectivity index (χ1) is 16.4. The largest absolute Gasteiger partial charge is 0.497 e. The van der Waals surface area contributed by atoms with Gasteiger partial charge in [-0.25, -0.2) is 4.98 Å². The standard InChI is InChI=1S/C25H24N4O4S/c1-14(30)27-16-5-8-18-19(12-26-21(18)11-16)23(25(31)32)29-10-9-20-22(13-29)34-24(28-20)15-3-6-17(33-2)7-4-15/h3-8,11-12,23,26H,9-10,13H2,1-2H3,(H,27,30)(H,31,32)/t23-/m1/s1. The van der Waals surface area contributed by atoms with Crippen LogP contribution < -0.4 is 10.1 Å². The number of carbonyl (C=O) groups is 2. The molecule has 1 aliphatic heterocycles. The quantitative estimate of drug-likeness (QED) is 0.380. The molecule has 1 aliphatic rings. The lowest BCUT2D eigenvalue weighted by molar-refractivity contribution is -0.144. The monoisotopic (exact) mass is 476 g/mol. The molecule has 1 atom stereocenters. The second-order valence-corrected chi connectivity index (χ2v) is 9.35. The van der Waals surface area contributed by atoms with Crippen molar-refractivity contribution in [2.75, 3.05) is 19.0 Å². The van der Waals surface area contributed by atoms with Gasteiger partial charge in [-0.05, 0) is 36.4 Å². The van der Waals surface area contributed by atoms with Crippen molar-refractivity contribution >= 4 is 39.8 Å². The van der Waals surface area contributed by atoms with Gasteiger partial charge in [-0.1, -0.05) is 6.07 Å². The second-order valence-electron chi connectivity index (χ2n) is 8.26. The molecule has 0 radical (unpaired) electrons. The van der Waals surface area contributed by atoms with Crippen LogP contribution in [0.15, 0.2) is 48.7 Å². The third kappa shape index (κ3) is 4.15. The molecule has 9 heteroatoms. The highest BCUT2D eigenvalue weighted by Gasteiger charge is 2.33. The number of aromatic amines is 1. The zero-order valence-corrected chi connectivity index (χ0v) is 19.6. The lowest BCUT2D eigenvalue weighted by Gasteiger charge is -2.31. The van der Waals surface area contributed by atoms with Crippen molar-refractivity contribution in [3.05, 3.63) is 64.8 Å². The topological polar surface area (TPSA) is 108 Å². The molecule has 5 rings (SSSR count). The summed E-state index contributed by atoms with van der Waals surface area (Å²) in [6.07, 6.45) is 2.45. The smallest absolute Gasteiger partial charge is 0.325 e. The number of benzene rings is 2. The van der Waals surface area contributed by atoms with Gasteiger partial charge in [0, 0.05) is 65.2 Å². The highest BCUT2D eigenvalue weighted by Crippen LogP contribution is 2.37. The van der Waals surface area contributed by atoms with Gasteiger partial charge >= 0.3 is 5.97 Å². The van der Waals surface area contributed by atoms with Crippen LogP contribution in [0.1, 0.15) is 29.1 Å². The van der Waals surface area contributed by atoms with E-state index in [-0.39, 0.29) is 5.91 Å². The van der Waals surface area contributed by atoms with Crippen molar-refractivity contribution in [3.8, 4) is 16.3 Å². The summed E-state index contributed by atoms with van der Waals surface area (Å²) in [5.41, 5.74) is 4.21. The van der Waals surface area contributed by atoms with Gasteiger partial charge < -0.3 is 20.1 Å². The van der Waals surface area contributed by atoms with Crippen LogP contribution in [0.2, 0.25) is 0 Å². The molecule has 0 saturated heterocycles. The van der Waals surface area contributed by atoms with Gasteiger partial charge in [-0.2, -0.15) is 0 Å². The minimum Gasteiger partial charge on any atom is -0.497 e. The summed E-state index contributed by atoms with van der Waals surface area (Å²) < 4.78 is 5.24. The van der Waals surface area contributed by atoms with E-state index in [1.54, 1.807) is 30.7 Å². The molecule has 0 saturated carbocycles. The Kier molecular flexibility index (Phi) is 5.80. The fourth-order valence-corrected chi connectivity index (χ4v) is 5.57. The molecule has 1 amide bonds. The molecule has 3 N–H and O–H groups in total. The number of anilines is 1. The summed E-state index contributed by atoms with van der Waals surface area (Å²) in [4.78, 5) is 34.9. The van der Waals surface area contributed by atoms with Crippen LogP contribution >= 0.6 is 11.3 Å². The Labute approximate surface area is 200 Å². The van der Waals surface area contributed by atoms with Crippen LogP contribution in [0, 0.1) is 0 Å². The third-order valence-electron chi connectivity index (χ3n) is 6.03. The Morgan fingerprint density at radius 3 is 2.74 bits per heavy atom. The molecule has 0 unspecified atom stereocenters. The molecule has 0 aliphatic carbocycles. The first-order valence-electron chi connectivity index (χ1n) is 10.9. The van der Waals surface area contributed by atoms with E-state index >= 15 is 0 Å². The summed E-state index contributed by atoms with van der Waals surface area (Å²) in [6, 6.07) is 12.5. The van der Waals surface area contributed by atoms with E-state index < -0.39 is 12.0 Å². The lowest BCUT2D eigenvalue weighted by Crippen LogP contribution is -2.37. The van der Waals surface area contributed by atoms with Crippen LogP contribution in [0.25, 0.3) is 21.5 Å². The molecular formula is C25H24N4O4S. The number of carbonyl (C=O) groups excluding carboxylic acids is 1. The maximum atomic E-state index is 12.4. The number of aromatic nitrogens is 2. The Morgan fingerprint density at radius 2 is 2.03 bits per heavy atom. The summed E-state index contributed by atoms with van der Waals surface area (Å²) in [5.74, 6) is -0.254. The lowest BCUT2D eigenvalue weighted by atomic mass is 10.0. The first kappa shape index (κ1) is 22.1. The highest BCUT2D eigenvalue weighted by molar-refractivity contribution is 7.15. The van der Waals surface area contributed by atoms with Crippen molar-refractivity contribution in [3.63, 3.8) is 0 Å². The molecule has 2 aromatic carbocycles. The first-order valence-corrected chi connectivity index (χ1v) is 11.7. The zero-order valence-electron chi connectivity index (χ0n) is 18.8. The molecule has 4 aromatic rings. The van der Waals surface area contributed by atoms with Crippen LogP contribution in [0.3, 0.4) is 0 Å². The summed E-state index contributed by atoms with van der Waals surface area (Å²) in [6.45, 7) is 2.58. The maximum Gasteiger partial charge on any atom is 0.325 e. The minimum atomic E-state index is -0.893. The number of H-pyrrole nitrogens is 1. The molecule has 2 aromatic heterocycles. The Hall–Kier alpha value is -3.69. The van der Waals surface area contributed by atoms with Crippen molar-refractivity contribution in [1.29, 1.82) is 0 Å². The molecule has 174 valence electrons. The van der Waals surface area contributed by atoms with Crippen LogP contribution in [0.5, 0.6) is 5.75 Å². The summed E-state index contributed by atoms with van der Waals surface area (Å²) in [7, 11) is 1.64. The number of nitrogens with zero attached hydrogens (tertiary/aromatic N) is 2. The van der Waals surface area contributed by atoms with Crippen LogP contribution in [0.4, 0.5) is 5.69 Å². The number of amides is 1. The molecule has 0 bridgehead atoms. The van der Waals surface area contributed by atoms with E-state index in [0.29, 0.717) is 30.8 Å². The van der Waals surface area contributed by atoms with E-state index in [0.717, 1.165) is 37.8 Å². The third-order valence-corrected chi connectivity index (χ3v) is 7.16. The average Bonchev–Trinajstić information content (AvgIpc) is 3.42. The van der Waals surface area contributed by atoms with Crippen molar-refractivity contribution in [1.82, 2.24) is 14.9 Å². The van der Waals surface area contributed by atoms with E-state index in [4.69, 9.17) is 9.72 Å². The van der Waals surface area contributed by atoms with Crippen molar-refractivity contribution < 1.29 is 19.4 Å². The average molecular weight is 477 g/mol. The van der Waals surface area contributed by atoms with E-state index in [2.05, 4.69) is 10.3 Å². The Morgan fingerprint density at radius 1 is 1.24 bits per heavy atom. The van der Waals surface area contributed by atoms with E-state index in [9.17, 15) is 14.7 Å². The Balaban J connectivity index is 1.42. The number of thiazole rings is 1. The predicted molar refractivity (Wildman–Crippen MR) is 131 cm³/mol. The molecule has 3 heterocycles. The fourth-order valence-electron chi connectivity index (χ4n) is 4.43. The van der Waals surface area contributed by atoms with Crippen molar-refractivity contribution in [2.24, 2.45) is 0 Å². The minimum absolute atomic E-state index is 0.155. The van der Waals surface area contributed by atoms with Gasteiger partial charge in [0.05, 0.1) is 12.8 Å². The SMILES string of the molecule is COc1ccc(-c2nc3c(s2)CN([C@@H](C(=O)O)c2c[nH]c4cc(NC(C)=O)ccc24)CC3)cc1. The highest BCUT2D eigenvalue weighted by atomic mass is 32.1. The van der Waals surface area contributed by atoms with Gasteiger partial charge in [0.1, 0.15) is 16.8 Å². The normalized spacial score (nSPS) is 14.5. The number of methoxy groups -OCH3 is 1. The molecule has 34 heavy (non-hydrogen) atoms. The number of hydrogen-bond acceptors (Lipinski definition) is 6. The summed E-state index contributed by atoms with van der Waals surface area (Å²) in [5, 5.41) is 14.7. The molecule has 0 fully saturated rings. The molecule has 0 spiro atoms. The number of ether oxygens (including phenoxy) is 1. The van der Waals surface area contributed by atoms with Crippen LogP contribution in [-0.2, 0) is 22.6 Å². The zero-order chi connectivity index (χ0) is 23.8. The predicted octanol–water partition coefficient (Wildman–Crippen LogP) is 4.44. The number of fused-ring (bicyclic) bond motifs is 2. The fraction of sp³-hybridized carbons (Fsp3) is 0.240. The second kappa shape index (κ2) is 8.92. The number of aliphatic carboxylic acids is 1. The van der Waals surface area contributed by atoms with Crippen LogP contribution in [-0.4, -0.2) is 45.5 Å². The van der Waals surface area contributed by atoms with Gasteiger partial charge in [-0.15, -0.1) is 11.3 Å². The van der Waals surface area contributed by atoms with Gasteiger partial charge in [0.15, 0.2) is 0 Å². The molecule has 8 nitrogen and oxygen atoms in total. The van der Waals surface area contributed by atoms with Crippen molar-refractivity contribution in [2.45, 2.75) is 25.9 Å². The number of carboxylic acids is 1. The number of carboxylic acid groups (broad SMARTS) is 1. The maximum absolute atomic E-state index is 12.4. The van der Waals surface area contributed by atoms with E-state index in [1.165, 1.54) is 6.92 Å². The van der Waals surface area contributed by atoms with Gasteiger partial charge in [-0.3, -0.25) is 14.5 Å². The molecular weight excluding hydrogens is 452 g/mol.